The first kappa shape index (κ1) is 15.1. The van der Waals surface area contributed by atoms with Gasteiger partial charge in [-0.25, -0.2) is 13.1 Å². The zero-order valence-corrected chi connectivity index (χ0v) is 11.8. The summed E-state index contributed by atoms with van der Waals surface area (Å²) in [6, 6.07) is 5.74. The highest BCUT2D eigenvalue weighted by Crippen LogP contribution is 2.10. The highest BCUT2D eigenvalue weighted by molar-refractivity contribution is 7.89. The molecule has 0 amide bonds. The van der Waals surface area contributed by atoms with Crippen LogP contribution in [0.3, 0.4) is 0 Å². The molecule has 21 heavy (non-hydrogen) atoms. The molecule has 1 aromatic carbocycles. The summed E-state index contributed by atoms with van der Waals surface area (Å²) in [5.41, 5.74) is 0.545. The van der Waals surface area contributed by atoms with Crippen molar-refractivity contribution in [2.24, 2.45) is 0 Å². The van der Waals surface area contributed by atoms with Crippen molar-refractivity contribution >= 4 is 16.0 Å². The number of hydrogen-bond donors (Lipinski definition) is 2. The Morgan fingerprint density at radius 3 is 2.57 bits per heavy atom. The summed E-state index contributed by atoms with van der Waals surface area (Å²) in [6.07, 6.45) is 3.00. The Morgan fingerprint density at radius 2 is 2.00 bits per heavy atom. The van der Waals surface area contributed by atoms with E-state index in [9.17, 15) is 13.2 Å². The van der Waals surface area contributed by atoms with E-state index in [1.54, 1.807) is 6.20 Å². The predicted octanol–water partition coefficient (Wildman–Crippen LogP) is -0.116. The van der Waals surface area contributed by atoms with Crippen LogP contribution in [-0.2, 0) is 27.8 Å². The van der Waals surface area contributed by atoms with Gasteiger partial charge in [-0.15, -0.1) is 5.10 Å². The highest BCUT2D eigenvalue weighted by atomic mass is 32.2. The zero-order valence-electron chi connectivity index (χ0n) is 11.0. The van der Waals surface area contributed by atoms with Crippen molar-refractivity contribution < 1.29 is 18.3 Å². The fraction of sp³-hybridized carbons (Fsp3) is 0.250. The van der Waals surface area contributed by atoms with Crippen LogP contribution in [0, 0.1) is 0 Å². The number of hydrogen-bond acceptors (Lipinski definition) is 5. The van der Waals surface area contributed by atoms with E-state index in [1.165, 1.54) is 35.1 Å². The highest BCUT2D eigenvalue weighted by Gasteiger charge is 2.13. The molecular weight excluding hydrogens is 296 g/mol. The van der Waals surface area contributed by atoms with Gasteiger partial charge >= 0.3 is 5.97 Å². The van der Waals surface area contributed by atoms with Crippen molar-refractivity contribution in [1.29, 1.82) is 0 Å². The fourth-order valence-electron chi connectivity index (χ4n) is 1.69. The van der Waals surface area contributed by atoms with Crippen molar-refractivity contribution in [3.8, 4) is 0 Å². The van der Waals surface area contributed by atoms with Crippen LogP contribution >= 0.6 is 0 Å². The molecule has 0 spiro atoms. The summed E-state index contributed by atoms with van der Waals surface area (Å²) < 4.78 is 28.0. The molecule has 0 aliphatic heterocycles. The lowest BCUT2D eigenvalue weighted by Crippen LogP contribution is -2.27. The van der Waals surface area contributed by atoms with Crippen LogP contribution in [0.2, 0.25) is 0 Å². The number of benzene rings is 1. The van der Waals surface area contributed by atoms with Crippen LogP contribution in [0.25, 0.3) is 0 Å². The van der Waals surface area contributed by atoms with E-state index < -0.39 is 16.0 Å². The molecule has 0 saturated heterocycles. The molecule has 2 rings (SSSR count). The van der Waals surface area contributed by atoms with Gasteiger partial charge in [0.15, 0.2) is 0 Å². The summed E-state index contributed by atoms with van der Waals surface area (Å²) in [7, 11) is -3.62. The Balaban J connectivity index is 1.96. The van der Waals surface area contributed by atoms with Gasteiger partial charge in [-0.3, -0.25) is 9.48 Å². The van der Waals surface area contributed by atoms with Gasteiger partial charge in [-0.05, 0) is 17.7 Å². The molecule has 0 atom stereocenters. The molecule has 0 aliphatic carbocycles. The van der Waals surface area contributed by atoms with E-state index >= 15 is 0 Å². The number of nitrogens with zero attached hydrogens (tertiary/aromatic N) is 3. The van der Waals surface area contributed by atoms with Crippen LogP contribution in [0.1, 0.15) is 5.56 Å². The van der Waals surface area contributed by atoms with E-state index in [1.807, 2.05) is 0 Å². The summed E-state index contributed by atoms with van der Waals surface area (Å²) in [4.78, 5) is 10.7. The second-order valence-electron chi connectivity index (χ2n) is 4.28. The van der Waals surface area contributed by atoms with E-state index in [0.717, 1.165) is 0 Å². The maximum Gasteiger partial charge on any atom is 0.307 e. The molecule has 0 aliphatic rings. The maximum absolute atomic E-state index is 12.0. The maximum atomic E-state index is 12.0. The van der Waals surface area contributed by atoms with Crippen molar-refractivity contribution in [2.45, 2.75) is 17.9 Å². The SMILES string of the molecule is O=C(O)Cc1ccc(S(=O)(=O)NCCn2ccnn2)cc1. The van der Waals surface area contributed by atoms with E-state index in [4.69, 9.17) is 5.11 Å². The Hall–Kier alpha value is -2.26. The van der Waals surface area contributed by atoms with Gasteiger partial charge in [0.1, 0.15) is 0 Å². The minimum atomic E-state index is -3.62. The monoisotopic (exact) mass is 310 g/mol. The van der Waals surface area contributed by atoms with Gasteiger partial charge < -0.3 is 5.11 Å². The molecule has 1 aromatic heterocycles. The average molecular weight is 310 g/mol. The number of aliphatic carboxylic acids is 1. The molecule has 112 valence electrons. The third kappa shape index (κ3) is 4.36. The Labute approximate surface area is 121 Å². The second-order valence-corrected chi connectivity index (χ2v) is 6.05. The second kappa shape index (κ2) is 6.46. The lowest BCUT2D eigenvalue weighted by molar-refractivity contribution is -0.136. The zero-order chi connectivity index (χ0) is 15.3. The third-order valence-electron chi connectivity index (χ3n) is 2.69. The molecular formula is C12H14N4O4S. The Bertz CT molecular complexity index is 695. The van der Waals surface area contributed by atoms with Crippen LogP contribution in [-0.4, -0.2) is 41.0 Å². The molecule has 8 nitrogen and oxygen atoms in total. The lowest BCUT2D eigenvalue weighted by atomic mass is 10.2. The number of carboxylic acids is 1. The van der Waals surface area contributed by atoms with Crippen molar-refractivity contribution in [3.05, 3.63) is 42.2 Å². The molecule has 0 bridgehead atoms. The Kier molecular flexibility index (Phi) is 4.66. The van der Waals surface area contributed by atoms with Crippen molar-refractivity contribution in [3.63, 3.8) is 0 Å². The quantitative estimate of drug-likeness (QED) is 0.737. The lowest BCUT2D eigenvalue weighted by Gasteiger charge is -2.07. The van der Waals surface area contributed by atoms with E-state index in [-0.39, 0.29) is 17.9 Å². The van der Waals surface area contributed by atoms with Crippen molar-refractivity contribution in [2.75, 3.05) is 6.54 Å². The first-order valence-corrected chi connectivity index (χ1v) is 7.60. The molecule has 2 aromatic rings. The molecule has 0 radical (unpaired) electrons. The molecule has 2 N–H and O–H groups in total. The molecule has 9 heteroatoms. The van der Waals surface area contributed by atoms with E-state index in [2.05, 4.69) is 15.0 Å². The third-order valence-corrected chi connectivity index (χ3v) is 4.17. The summed E-state index contributed by atoms with van der Waals surface area (Å²) >= 11 is 0. The normalized spacial score (nSPS) is 11.4. The van der Waals surface area contributed by atoms with Crippen molar-refractivity contribution in [1.82, 2.24) is 19.7 Å². The summed E-state index contributed by atoms with van der Waals surface area (Å²) in [5, 5.41) is 16.0. The summed E-state index contributed by atoms with van der Waals surface area (Å²) in [6.45, 7) is 0.554. The summed E-state index contributed by atoms with van der Waals surface area (Å²) in [5.74, 6) is -0.962. The number of carboxylic acid groups (broad SMARTS) is 1. The largest absolute Gasteiger partial charge is 0.481 e. The predicted molar refractivity (Wildman–Crippen MR) is 73.0 cm³/mol. The number of nitrogens with one attached hydrogen (secondary N) is 1. The van der Waals surface area contributed by atoms with Crippen LogP contribution < -0.4 is 4.72 Å². The number of aromatic nitrogens is 3. The van der Waals surface area contributed by atoms with Gasteiger partial charge in [0.05, 0.1) is 24.1 Å². The molecule has 0 saturated carbocycles. The van der Waals surface area contributed by atoms with Gasteiger partial charge in [0.25, 0.3) is 0 Å². The van der Waals surface area contributed by atoms with Gasteiger partial charge in [-0.1, -0.05) is 17.3 Å². The first-order valence-electron chi connectivity index (χ1n) is 6.12. The Morgan fingerprint density at radius 1 is 1.29 bits per heavy atom. The van der Waals surface area contributed by atoms with Crippen LogP contribution in [0.15, 0.2) is 41.6 Å². The fourth-order valence-corrected chi connectivity index (χ4v) is 2.71. The topological polar surface area (TPSA) is 114 Å². The van der Waals surface area contributed by atoms with Crippen LogP contribution in [0.4, 0.5) is 0 Å². The van der Waals surface area contributed by atoms with E-state index in [0.29, 0.717) is 12.1 Å². The van der Waals surface area contributed by atoms with Gasteiger partial charge in [-0.2, -0.15) is 0 Å². The molecule has 1 heterocycles. The smallest absolute Gasteiger partial charge is 0.307 e. The first-order chi connectivity index (χ1) is 9.97. The van der Waals surface area contributed by atoms with Crippen LogP contribution in [0.5, 0.6) is 0 Å². The number of sulfonamides is 1. The minimum Gasteiger partial charge on any atom is -0.481 e. The number of rotatable bonds is 7. The van der Waals surface area contributed by atoms with Gasteiger partial charge in [0.2, 0.25) is 10.0 Å². The van der Waals surface area contributed by atoms with Gasteiger partial charge in [0, 0.05) is 12.7 Å². The molecule has 0 unspecified atom stereocenters. The number of carbonyl (C=O) groups is 1. The molecule has 0 fully saturated rings. The minimum absolute atomic E-state index is 0.0928. The average Bonchev–Trinajstić information content (AvgIpc) is 2.91. The standard InChI is InChI=1S/C12H14N4O4S/c17-12(18)9-10-1-3-11(4-2-10)21(19,20)14-6-8-16-7-5-13-15-16/h1-5,7,14H,6,8-9H2,(H,17,18).